The number of halogens is 3. The molecule has 0 radical (unpaired) electrons. The van der Waals surface area contributed by atoms with Gasteiger partial charge in [0.25, 0.3) is 5.91 Å². The SMILES string of the molecule is Cc1ccccc1-n1ncc(C(=O)N2CCO[C@H](C(=O)O)C2)c1C(F)(F)F. The first kappa shape index (κ1) is 18.9. The number of aliphatic carboxylic acids is 1. The van der Waals surface area contributed by atoms with Crippen molar-refractivity contribution in [1.29, 1.82) is 0 Å². The third kappa shape index (κ3) is 3.65. The fourth-order valence-electron chi connectivity index (χ4n) is 2.91. The highest BCUT2D eigenvalue weighted by Crippen LogP contribution is 2.35. The van der Waals surface area contributed by atoms with Gasteiger partial charge in [-0.2, -0.15) is 18.3 Å². The summed E-state index contributed by atoms with van der Waals surface area (Å²) in [4.78, 5) is 24.8. The summed E-state index contributed by atoms with van der Waals surface area (Å²) >= 11 is 0. The van der Waals surface area contributed by atoms with E-state index < -0.39 is 35.4 Å². The van der Waals surface area contributed by atoms with E-state index in [0.29, 0.717) is 10.2 Å². The summed E-state index contributed by atoms with van der Waals surface area (Å²) in [5.41, 5.74) is -1.06. The highest BCUT2D eigenvalue weighted by atomic mass is 19.4. The summed E-state index contributed by atoms with van der Waals surface area (Å²) in [7, 11) is 0. The smallest absolute Gasteiger partial charge is 0.434 e. The maximum Gasteiger partial charge on any atom is 0.434 e. The zero-order valence-electron chi connectivity index (χ0n) is 14.2. The molecule has 0 spiro atoms. The van der Waals surface area contributed by atoms with Crippen molar-refractivity contribution in [3.63, 3.8) is 0 Å². The zero-order valence-corrected chi connectivity index (χ0v) is 14.2. The minimum Gasteiger partial charge on any atom is -0.479 e. The lowest BCUT2D eigenvalue weighted by molar-refractivity contribution is -0.154. The van der Waals surface area contributed by atoms with E-state index in [1.54, 1.807) is 25.1 Å². The average molecular weight is 383 g/mol. The Morgan fingerprint density at radius 1 is 1.30 bits per heavy atom. The summed E-state index contributed by atoms with van der Waals surface area (Å²) < 4.78 is 46.9. The van der Waals surface area contributed by atoms with Gasteiger partial charge in [-0.15, -0.1) is 0 Å². The lowest BCUT2D eigenvalue weighted by atomic mass is 10.1. The van der Waals surface area contributed by atoms with E-state index in [-0.39, 0.29) is 25.4 Å². The Balaban J connectivity index is 2.02. The summed E-state index contributed by atoms with van der Waals surface area (Å²) in [6.07, 6.45) is -5.24. The van der Waals surface area contributed by atoms with Gasteiger partial charge in [-0.25, -0.2) is 9.48 Å². The standard InChI is InChI=1S/C17H16F3N3O4/c1-10-4-2-3-5-12(10)23-14(17(18,19)20)11(8-21-23)15(24)22-6-7-27-13(9-22)16(25)26/h2-5,8,13H,6-7,9H2,1H3,(H,25,26)/t13-/m0/s1. The molecular formula is C17H16F3N3O4. The van der Waals surface area contributed by atoms with Gasteiger partial charge in [0.05, 0.1) is 30.6 Å². The van der Waals surface area contributed by atoms with E-state index in [9.17, 15) is 22.8 Å². The van der Waals surface area contributed by atoms with Crippen LogP contribution < -0.4 is 0 Å². The Morgan fingerprint density at radius 3 is 2.63 bits per heavy atom. The molecule has 27 heavy (non-hydrogen) atoms. The van der Waals surface area contributed by atoms with Crippen LogP contribution in [0.3, 0.4) is 0 Å². The molecule has 144 valence electrons. The van der Waals surface area contributed by atoms with Gasteiger partial charge in [0.1, 0.15) is 0 Å². The van der Waals surface area contributed by atoms with Crippen LogP contribution in [-0.2, 0) is 15.7 Å². The molecule has 0 aliphatic carbocycles. The predicted molar refractivity (Wildman–Crippen MR) is 86.6 cm³/mol. The van der Waals surface area contributed by atoms with Gasteiger partial charge in [-0.1, -0.05) is 18.2 Å². The second kappa shape index (κ2) is 7.03. The summed E-state index contributed by atoms with van der Waals surface area (Å²) in [5.74, 6) is -2.21. The number of alkyl halides is 3. The largest absolute Gasteiger partial charge is 0.479 e. The van der Waals surface area contributed by atoms with Crippen LogP contribution in [0.5, 0.6) is 0 Å². The number of rotatable bonds is 3. The molecule has 3 rings (SSSR count). The molecule has 0 unspecified atom stereocenters. The van der Waals surface area contributed by atoms with Crippen LogP contribution in [0.4, 0.5) is 13.2 Å². The number of morpholine rings is 1. The molecule has 1 aromatic heterocycles. The zero-order chi connectivity index (χ0) is 19.8. The number of carbonyl (C=O) groups is 2. The van der Waals surface area contributed by atoms with Crippen LogP contribution in [0.15, 0.2) is 30.5 Å². The van der Waals surface area contributed by atoms with Gasteiger partial charge in [0.2, 0.25) is 0 Å². The molecule has 0 bridgehead atoms. The quantitative estimate of drug-likeness (QED) is 0.878. The Bertz CT molecular complexity index is 879. The fraction of sp³-hybridized carbons (Fsp3) is 0.353. The van der Waals surface area contributed by atoms with Crippen molar-refractivity contribution >= 4 is 11.9 Å². The Kier molecular flexibility index (Phi) is 4.92. The number of aryl methyl sites for hydroxylation is 1. The molecule has 1 aromatic carbocycles. The molecule has 7 nitrogen and oxygen atoms in total. The first-order valence-corrected chi connectivity index (χ1v) is 8.05. The summed E-state index contributed by atoms with van der Waals surface area (Å²) in [5, 5.41) is 12.8. The van der Waals surface area contributed by atoms with Crippen molar-refractivity contribution < 1.29 is 32.6 Å². The number of hydrogen-bond donors (Lipinski definition) is 1. The van der Waals surface area contributed by atoms with Crippen LogP contribution in [0.2, 0.25) is 0 Å². The van der Waals surface area contributed by atoms with Gasteiger partial charge < -0.3 is 14.7 Å². The topological polar surface area (TPSA) is 84.7 Å². The molecule has 2 aromatic rings. The number of para-hydroxylation sites is 1. The highest BCUT2D eigenvalue weighted by Gasteiger charge is 2.42. The van der Waals surface area contributed by atoms with E-state index >= 15 is 0 Å². The molecule has 1 N–H and O–H groups in total. The van der Waals surface area contributed by atoms with E-state index in [0.717, 1.165) is 11.1 Å². The van der Waals surface area contributed by atoms with Crippen LogP contribution in [0.25, 0.3) is 5.69 Å². The van der Waals surface area contributed by atoms with Crippen molar-refractivity contribution in [1.82, 2.24) is 14.7 Å². The lowest BCUT2D eigenvalue weighted by Gasteiger charge is -2.31. The molecule has 1 atom stereocenters. The van der Waals surface area contributed by atoms with E-state index in [1.165, 1.54) is 6.07 Å². The van der Waals surface area contributed by atoms with Gasteiger partial charge in [0, 0.05) is 6.54 Å². The van der Waals surface area contributed by atoms with Gasteiger partial charge in [0.15, 0.2) is 11.8 Å². The minimum absolute atomic E-state index is 0.00451. The first-order chi connectivity index (χ1) is 12.7. The van der Waals surface area contributed by atoms with Crippen LogP contribution in [0.1, 0.15) is 21.6 Å². The van der Waals surface area contributed by atoms with Crippen molar-refractivity contribution in [2.24, 2.45) is 0 Å². The minimum atomic E-state index is -4.83. The van der Waals surface area contributed by atoms with Crippen molar-refractivity contribution in [3.8, 4) is 5.69 Å². The molecule has 1 amide bonds. The summed E-state index contributed by atoms with van der Waals surface area (Å²) in [6, 6.07) is 6.37. The molecule has 1 saturated heterocycles. The number of nitrogens with zero attached hydrogens (tertiary/aromatic N) is 3. The maximum absolute atomic E-state index is 13.7. The fourth-order valence-corrected chi connectivity index (χ4v) is 2.91. The van der Waals surface area contributed by atoms with E-state index in [4.69, 9.17) is 9.84 Å². The third-order valence-electron chi connectivity index (χ3n) is 4.24. The van der Waals surface area contributed by atoms with Gasteiger partial charge >= 0.3 is 12.1 Å². The van der Waals surface area contributed by atoms with Crippen LogP contribution in [-0.4, -0.2) is 57.5 Å². The van der Waals surface area contributed by atoms with Crippen molar-refractivity contribution in [3.05, 3.63) is 47.3 Å². The Hall–Kier alpha value is -2.88. The maximum atomic E-state index is 13.7. The number of amides is 1. The summed E-state index contributed by atoms with van der Waals surface area (Å²) in [6.45, 7) is 1.23. The van der Waals surface area contributed by atoms with Crippen LogP contribution in [0, 0.1) is 6.92 Å². The number of hydrogen-bond acceptors (Lipinski definition) is 4. The first-order valence-electron chi connectivity index (χ1n) is 8.05. The van der Waals surface area contributed by atoms with E-state index in [1.807, 2.05) is 0 Å². The molecular weight excluding hydrogens is 367 g/mol. The van der Waals surface area contributed by atoms with E-state index in [2.05, 4.69) is 5.10 Å². The number of ether oxygens (including phenoxy) is 1. The second-order valence-corrected chi connectivity index (χ2v) is 6.05. The average Bonchev–Trinajstić information content (AvgIpc) is 3.06. The third-order valence-corrected chi connectivity index (χ3v) is 4.24. The molecule has 0 saturated carbocycles. The Labute approximate surface area is 151 Å². The van der Waals surface area contributed by atoms with Gasteiger partial charge in [-0.05, 0) is 18.6 Å². The number of benzene rings is 1. The van der Waals surface area contributed by atoms with Crippen LogP contribution >= 0.6 is 0 Å². The van der Waals surface area contributed by atoms with Gasteiger partial charge in [-0.3, -0.25) is 4.79 Å². The van der Waals surface area contributed by atoms with Crippen molar-refractivity contribution in [2.75, 3.05) is 19.7 Å². The normalized spacial score (nSPS) is 17.8. The predicted octanol–water partition coefficient (Wildman–Crippen LogP) is 2.13. The lowest BCUT2D eigenvalue weighted by Crippen LogP contribution is -2.48. The monoisotopic (exact) mass is 383 g/mol. The highest BCUT2D eigenvalue weighted by molar-refractivity contribution is 5.96. The second-order valence-electron chi connectivity index (χ2n) is 6.05. The van der Waals surface area contributed by atoms with Crippen molar-refractivity contribution in [2.45, 2.75) is 19.2 Å². The number of carbonyl (C=O) groups excluding carboxylic acids is 1. The molecule has 1 aliphatic heterocycles. The number of carboxylic acids is 1. The molecule has 2 heterocycles. The number of carboxylic acid groups (broad SMARTS) is 1. The molecule has 1 fully saturated rings. The Morgan fingerprint density at radius 2 is 2.00 bits per heavy atom. The number of aromatic nitrogens is 2. The molecule has 1 aliphatic rings. The molecule has 10 heteroatoms.